The summed E-state index contributed by atoms with van der Waals surface area (Å²) in [4.78, 5) is 11.2. The van der Waals surface area contributed by atoms with Gasteiger partial charge in [0.05, 0.1) is 5.60 Å². The van der Waals surface area contributed by atoms with Crippen LogP contribution in [0.4, 0.5) is 0 Å². The van der Waals surface area contributed by atoms with E-state index < -0.39 is 0 Å². The highest BCUT2D eigenvalue weighted by Gasteiger charge is 2.33. The van der Waals surface area contributed by atoms with Gasteiger partial charge in [-0.1, -0.05) is 5.16 Å². The Morgan fingerprint density at radius 2 is 2.41 bits per heavy atom. The van der Waals surface area contributed by atoms with E-state index in [1.54, 1.807) is 12.4 Å². The van der Waals surface area contributed by atoms with Crippen LogP contribution in [0.2, 0.25) is 0 Å². The second-order valence-electron chi connectivity index (χ2n) is 4.29. The van der Waals surface area contributed by atoms with Crippen LogP contribution in [-0.2, 0) is 11.3 Å². The highest BCUT2D eigenvalue weighted by atomic mass is 16.5. The average molecular weight is 235 g/mol. The van der Waals surface area contributed by atoms with E-state index in [4.69, 9.17) is 9.26 Å². The van der Waals surface area contributed by atoms with Crippen molar-refractivity contribution < 1.29 is 9.26 Å². The molecule has 7 heteroatoms. The van der Waals surface area contributed by atoms with Crippen molar-refractivity contribution in [3.05, 3.63) is 18.3 Å². The molecule has 0 unspecified atom stereocenters. The summed E-state index contributed by atoms with van der Waals surface area (Å²) in [6, 6.07) is 0. The molecule has 0 aromatic carbocycles. The largest absolute Gasteiger partial charge is 0.363 e. The van der Waals surface area contributed by atoms with Crippen LogP contribution in [0, 0.1) is 0 Å². The van der Waals surface area contributed by atoms with Crippen LogP contribution in [0.3, 0.4) is 0 Å². The molecule has 2 aromatic heterocycles. The molecule has 17 heavy (non-hydrogen) atoms. The first kappa shape index (κ1) is 10.4. The number of hydrogen-bond acceptors (Lipinski definition) is 6. The summed E-state index contributed by atoms with van der Waals surface area (Å²) in [6.07, 6.45) is 3.35. The van der Waals surface area contributed by atoms with Crippen molar-refractivity contribution in [2.75, 3.05) is 13.1 Å². The third-order valence-corrected chi connectivity index (χ3v) is 2.72. The monoisotopic (exact) mass is 235 g/mol. The first-order valence-electron chi connectivity index (χ1n) is 5.42. The zero-order valence-electron chi connectivity index (χ0n) is 9.43. The number of aromatic nitrogens is 4. The SMILES string of the molecule is CC1(OCc2nc(-c3ncc[nH]3)no2)CNC1. The van der Waals surface area contributed by atoms with Crippen LogP contribution >= 0.6 is 0 Å². The minimum Gasteiger partial charge on any atom is -0.363 e. The second-order valence-corrected chi connectivity index (χ2v) is 4.29. The molecule has 7 nitrogen and oxygen atoms in total. The first-order valence-corrected chi connectivity index (χ1v) is 5.42. The molecule has 1 fully saturated rings. The quantitative estimate of drug-likeness (QED) is 0.794. The Morgan fingerprint density at radius 3 is 3.06 bits per heavy atom. The molecule has 3 heterocycles. The number of ether oxygens (including phenoxy) is 1. The number of hydrogen-bond donors (Lipinski definition) is 2. The van der Waals surface area contributed by atoms with E-state index in [1.165, 1.54) is 0 Å². The number of nitrogens with one attached hydrogen (secondary N) is 2. The number of aromatic amines is 1. The van der Waals surface area contributed by atoms with Crippen LogP contribution < -0.4 is 5.32 Å². The lowest BCUT2D eigenvalue weighted by Gasteiger charge is -2.38. The van der Waals surface area contributed by atoms with E-state index in [9.17, 15) is 0 Å². The lowest BCUT2D eigenvalue weighted by molar-refractivity contribution is -0.0841. The molecule has 1 aliphatic heterocycles. The summed E-state index contributed by atoms with van der Waals surface area (Å²) in [6.45, 7) is 4.08. The summed E-state index contributed by atoms with van der Waals surface area (Å²) in [7, 11) is 0. The van der Waals surface area contributed by atoms with E-state index in [2.05, 4.69) is 25.4 Å². The molecule has 90 valence electrons. The van der Waals surface area contributed by atoms with E-state index in [-0.39, 0.29) is 5.60 Å². The number of imidazole rings is 1. The average Bonchev–Trinajstić information content (AvgIpc) is 2.93. The molecule has 0 radical (unpaired) electrons. The van der Waals surface area contributed by atoms with Crippen LogP contribution in [0.1, 0.15) is 12.8 Å². The Morgan fingerprint density at radius 1 is 1.53 bits per heavy atom. The van der Waals surface area contributed by atoms with Gasteiger partial charge in [0.15, 0.2) is 5.82 Å². The molecular formula is C10H13N5O2. The molecule has 0 bridgehead atoms. The smallest absolute Gasteiger partial charge is 0.253 e. The highest BCUT2D eigenvalue weighted by Crippen LogP contribution is 2.18. The Labute approximate surface area is 97.6 Å². The van der Waals surface area contributed by atoms with Gasteiger partial charge in [0.1, 0.15) is 6.61 Å². The van der Waals surface area contributed by atoms with Gasteiger partial charge in [-0.05, 0) is 6.92 Å². The standard InChI is InChI=1S/C10H13N5O2/c1-10(5-11-6-10)16-4-7-14-9(15-17-7)8-12-2-3-13-8/h2-3,11H,4-6H2,1H3,(H,12,13). The van der Waals surface area contributed by atoms with Gasteiger partial charge in [-0.15, -0.1) is 0 Å². The van der Waals surface area contributed by atoms with Crippen LogP contribution in [-0.4, -0.2) is 38.8 Å². The zero-order valence-corrected chi connectivity index (χ0v) is 9.43. The van der Waals surface area contributed by atoms with Gasteiger partial charge in [-0.25, -0.2) is 4.98 Å². The van der Waals surface area contributed by atoms with Gasteiger partial charge >= 0.3 is 0 Å². The molecular weight excluding hydrogens is 222 g/mol. The van der Waals surface area contributed by atoms with E-state index in [0.717, 1.165) is 13.1 Å². The van der Waals surface area contributed by atoms with Crippen molar-refractivity contribution >= 4 is 0 Å². The molecule has 0 aliphatic carbocycles. The van der Waals surface area contributed by atoms with Crippen molar-refractivity contribution in [1.82, 2.24) is 25.4 Å². The lowest BCUT2D eigenvalue weighted by atomic mass is 10.0. The maximum atomic E-state index is 5.69. The van der Waals surface area contributed by atoms with Gasteiger partial charge in [-0.3, -0.25) is 0 Å². The maximum Gasteiger partial charge on any atom is 0.253 e. The summed E-state index contributed by atoms with van der Waals surface area (Å²) < 4.78 is 10.8. The number of H-pyrrole nitrogens is 1. The molecule has 1 saturated heterocycles. The van der Waals surface area contributed by atoms with Gasteiger partial charge in [-0.2, -0.15) is 4.98 Å². The third-order valence-electron chi connectivity index (χ3n) is 2.72. The fourth-order valence-electron chi connectivity index (χ4n) is 1.61. The summed E-state index contributed by atoms with van der Waals surface area (Å²) in [5, 5.41) is 6.99. The molecule has 0 atom stereocenters. The fourth-order valence-corrected chi connectivity index (χ4v) is 1.61. The van der Waals surface area contributed by atoms with Crippen molar-refractivity contribution in [3.63, 3.8) is 0 Å². The molecule has 0 spiro atoms. The molecule has 2 aromatic rings. The number of rotatable bonds is 4. The Bertz CT molecular complexity index is 489. The third kappa shape index (κ3) is 2.06. The van der Waals surface area contributed by atoms with Crippen molar-refractivity contribution in [2.45, 2.75) is 19.1 Å². The molecule has 1 aliphatic rings. The van der Waals surface area contributed by atoms with E-state index >= 15 is 0 Å². The minimum absolute atomic E-state index is 0.112. The van der Waals surface area contributed by atoms with Gasteiger partial charge in [0.2, 0.25) is 5.82 Å². The molecule has 0 saturated carbocycles. The Balaban J connectivity index is 1.65. The topological polar surface area (TPSA) is 88.9 Å². The molecule has 0 amide bonds. The maximum absolute atomic E-state index is 5.69. The molecule has 2 N–H and O–H groups in total. The fraction of sp³-hybridized carbons (Fsp3) is 0.500. The summed E-state index contributed by atoms with van der Waals surface area (Å²) in [5.41, 5.74) is -0.112. The predicted octanol–water partition coefficient (Wildman–Crippen LogP) is 0.338. The first-order chi connectivity index (χ1) is 8.25. The summed E-state index contributed by atoms with van der Waals surface area (Å²) >= 11 is 0. The van der Waals surface area contributed by atoms with Crippen molar-refractivity contribution in [2.24, 2.45) is 0 Å². The van der Waals surface area contributed by atoms with E-state index in [1.807, 2.05) is 6.92 Å². The zero-order chi connectivity index (χ0) is 11.7. The Kier molecular flexibility index (Phi) is 2.41. The van der Waals surface area contributed by atoms with Gasteiger partial charge in [0, 0.05) is 25.5 Å². The van der Waals surface area contributed by atoms with Crippen LogP contribution in [0.15, 0.2) is 16.9 Å². The van der Waals surface area contributed by atoms with Crippen molar-refractivity contribution in [3.8, 4) is 11.6 Å². The van der Waals surface area contributed by atoms with Crippen LogP contribution in [0.5, 0.6) is 0 Å². The van der Waals surface area contributed by atoms with Crippen LogP contribution in [0.25, 0.3) is 11.6 Å². The molecule has 3 rings (SSSR count). The summed E-state index contributed by atoms with van der Waals surface area (Å²) in [5.74, 6) is 1.51. The Hall–Kier alpha value is -1.73. The van der Waals surface area contributed by atoms with Crippen molar-refractivity contribution in [1.29, 1.82) is 0 Å². The normalized spacial score (nSPS) is 17.9. The minimum atomic E-state index is -0.112. The predicted molar refractivity (Wildman–Crippen MR) is 57.9 cm³/mol. The number of nitrogens with zero attached hydrogens (tertiary/aromatic N) is 3. The highest BCUT2D eigenvalue weighted by molar-refractivity contribution is 5.40. The lowest BCUT2D eigenvalue weighted by Crippen LogP contribution is -2.58. The van der Waals surface area contributed by atoms with Gasteiger partial charge < -0.3 is 19.6 Å². The van der Waals surface area contributed by atoms with E-state index in [0.29, 0.717) is 24.1 Å². The second kappa shape index (κ2) is 3.94. The van der Waals surface area contributed by atoms with Gasteiger partial charge in [0.25, 0.3) is 5.89 Å².